The number of anilines is 1. The molecule has 0 saturated carbocycles. The second-order valence-electron chi connectivity index (χ2n) is 4.53. The zero-order valence-electron chi connectivity index (χ0n) is 10.6. The van der Waals surface area contributed by atoms with E-state index < -0.39 is 0 Å². The molecule has 100 valence electrons. The van der Waals surface area contributed by atoms with Gasteiger partial charge in [-0.25, -0.2) is 14.4 Å². The Morgan fingerprint density at radius 2 is 1.78 bits per heavy atom. The highest BCUT2D eigenvalue weighted by Crippen LogP contribution is 2.10. The first-order valence-corrected chi connectivity index (χ1v) is 6.44. The number of hydrogen-bond donors (Lipinski definition) is 1. The maximum Gasteiger partial charge on any atom is 0.225 e. The first-order chi connectivity index (χ1) is 8.79. The predicted molar refractivity (Wildman–Crippen MR) is 68.9 cm³/mol. The number of piperazine rings is 1. The van der Waals surface area contributed by atoms with E-state index >= 15 is 0 Å². The van der Waals surface area contributed by atoms with Crippen molar-refractivity contribution < 1.29 is 4.39 Å². The molecule has 0 amide bonds. The van der Waals surface area contributed by atoms with E-state index in [0.717, 1.165) is 52.1 Å². The lowest BCUT2D eigenvalue weighted by Crippen LogP contribution is -2.47. The smallest absolute Gasteiger partial charge is 0.225 e. The molecule has 2 rings (SSSR count). The standard InChI is InChI=1S/C12H20FN5/c13-11-9-15-12(16-10-11)18-7-5-17(6-8-18)4-2-1-3-14/h9-10H,1-8,14H2. The molecular formula is C12H20FN5. The molecule has 0 spiro atoms. The molecule has 0 unspecified atom stereocenters. The van der Waals surface area contributed by atoms with Gasteiger partial charge >= 0.3 is 0 Å². The Balaban J connectivity index is 1.77. The van der Waals surface area contributed by atoms with Gasteiger partial charge in [0.1, 0.15) is 0 Å². The third-order valence-corrected chi connectivity index (χ3v) is 3.19. The molecule has 1 aromatic heterocycles. The summed E-state index contributed by atoms with van der Waals surface area (Å²) >= 11 is 0. The summed E-state index contributed by atoms with van der Waals surface area (Å²) in [4.78, 5) is 12.5. The van der Waals surface area contributed by atoms with Gasteiger partial charge < -0.3 is 10.6 Å². The van der Waals surface area contributed by atoms with Crippen molar-refractivity contribution in [2.75, 3.05) is 44.2 Å². The van der Waals surface area contributed by atoms with Crippen LogP contribution < -0.4 is 10.6 Å². The van der Waals surface area contributed by atoms with Gasteiger partial charge in [0, 0.05) is 26.2 Å². The fourth-order valence-corrected chi connectivity index (χ4v) is 2.12. The van der Waals surface area contributed by atoms with E-state index in [-0.39, 0.29) is 5.82 Å². The molecule has 6 heteroatoms. The minimum Gasteiger partial charge on any atom is -0.338 e. The van der Waals surface area contributed by atoms with Gasteiger partial charge in [-0.05, 0) is 25.9 Å². The maximum atomic E-state index is 12.7. The van der Waals surface area contributed by atoms with Gasteiger partial charge in [0.25, 0.3) is 0 Å². The lowest BCUT2D eigenvalue weighted by atomic mass is 10.2. The molecule has 5 nitrogen and oxygen atoms in total. The Hall–Kier alpha value is -1.27. The number of nitrogens with zero attached hydrogens (tertiary/aromatic N) is 4. The lowest BCUT2D eigenvalue weighted by molar-refractivity contribution is 0.252. The first kappa shape index (κ1) is 13.2. The average molecular weight is 253 g/mol. The molecule has 0 aliphatic carbocycles. The number of aromatic nitrogens is 2. The quantitative estimate of drug-likeness (QED) is 0.773. The van der Waals surface area contributed by atoms with Crippen LogP contribution in [0.1, 0.15) is 12.8 Å². The third-order valence-electron chi connectivity index (χ3n) is 3.19. The highest BCUT2D eigenvalue weighted by Gasteiger charge is 2.18. The van der Waals surface area contributed by atoms with Crippen molar-refractivity contribution in [2.24, 2.45) is 5.73 Å². The molecule has 0 bridgehead atoms. The van der Waals surface area contributed by atoms with Crippen LogP contribution in [0.5, 0.6) is 0 Å². The van der Waals surface area contributed by atoms with Crippen LogP contribution in [0.15, 0.2) is 12.4 Å². The minimum atomic E-state index is -0.390. The van der Waals surface area contributed by atoms with Crippen molar-refractivity contribution >= 4 is 5.95 Å². The van der Waals surface area contributed by atoms with Crippen molar-refractivity contribution in [1.29, 1.82) is 0 Å². The van der Waals surface area contributed by atoms with Gasteiger partial charge in [-0.3, -0.25) is 4.90 Å². The van der Waals surface area contributed by atoms with Crippen LogP contribution in [-0.4, -0.2) is 54.1 Å². The van der Waals surface area contributed by atoms with Gasteiger partial charge in [0.05, 0.1) is 12.4 Å². The van der Waals surface area contributed by atoms with Crippen LogP contribution >= 0.6 is 0 Å². The zero-order chi connectivity index (χ0) is 12.8. The number of unbranched alkanes of at least 4 members (excludes halogenated alkanes) is 1. The van der Waals surface area contributed by atoms with E-state index in [0.29, 0.717) is 5.95 Å². The van der Waals surface area contributed by atoms with Crippen molar-refractivity contribution in [1.82, 2.24) is 14.9 Å². The van der Waals surface area contributed by atoms with Gasteiger partial charge in [-0.15, -0.1) is 0 Å². The van der Waals surface area contributed by atoms with E-state index in [1.54, 1.807) is 0 Å². The highest BCUT2D eigenvalue weighted by molar-refractivity contribution is 5.29. The maximum absolute atomic E-state index is 12.7. The Bertz CT molecular complexity index is 348. The van der Waals surface area contributed by atoms with E-state index in [1.165, 1.54) is 12.4 Å². The fourth-order valence-electron chi connectivity index (χ4n) is 2.12. The largest absolute Gasteiger partial charge is 0.338 e. The zero-order valence-corrected chi connectivity index (χ0v) is 10.6. The molecule has 0 radical (unpaired) electrons. The molecular weight excluding hydrogens is 233 g/mol. The van der Waals surface area contributed by atoms with E-state index in [9.17, 15) is 4.39 Å². The molecule has 0 aromatic carbocycles. The van der Waals surface area contributed by atoms with Crippen LogP contribution in [0.2, 0.25) is 0 Å². The molecule has 1 aromatic rings. The summed E-state index contributed by atoms with van der Waals surface area (Å²) in [7, 11) is 0. The van der Waals surface area contributed by atoms with Crippen LogP contribution in [0.3, 0.4) is 0 Å². The van der Waals surface area contributed by atoms with Crippen LogP contribution in [-0.2, 0) is 0 Å². The molecule has 18 heavy (non-hydrogen) atoms. The molecule has 1 fully saturated rings. The number of rotatable bonds is 5. The van der Waals surface area contributed by atoms with Crippen molar-refractivity contribution in [2.45, 2.75) is 12.8 Å². The van der Waals surface area contributed by atoms with Gasteiger partial charge in [0.15, 0.2) is 5.82 Å². The molecule has 2 heterocycles. The number of hydrogen-bond acceptors (Lipinski definition) is 5. The third kappa shape index (κ3) is 3.61. The van der Waals surface area contributed by atoms with E-state index in [4.69, 9.17) is 5.73 Å². The summed E-state index contributed by atoms with van der Waals surface area (Å²) in [6, 6.07) is 0. The second-order valence-corrected chi connectivity index (χ2v) is 4.53. The van der Waals surface area contributed by atoms with Crippen molar-refractivity contribution in [3.05, 3.63) is 18.2 Å². The monoisotopic (exact) mass is 253 g/mol. The Labute approximate surface area is 107 Å². The highest BCUT2D eigenvalue weighted by atomic mass is 19.1. The van der Waals surface area contributed by atoms with Gasteiger partial charge in [-0.1, -0.05) is 0 Å². The van der Waals surface area contributed by atoms with E-state index in [2.05, 4.69) is 19.8 Å². The number of nitrogens with two attached hydrogens (primary N) is 1. The minimum absolute atomic E-state index is 0.390. The summed E-state index contributed by atoms with van der Waals surface area (Å²) in [5.74, 6) is 0.233. The number of halogens is 1. The van der Waals surface area contributed by atoms with Crippen molar-refractivity contribution in [3.63, 3.8) is 0 Å². The summed E-state index contributed by atoms with van der Waals surface area (Å²) in [6.45, 7) is 5.68. The summed E-state index contributed by atoms with van der Waals surface area (Å²) in [6.07, 6.45) is 4.68. The van der Waals surface area contributed by atoms with Crippen molar-refractivity contribution in [3.8, 4) is 0 Å². The molecule has 1 aliphatic rings. The summed E-state index contributed by atoms with van der Waals surface area (Å²) < 4.78 is 12.7. The molecule has 0 atom stereocenters. The Morgan fingerprint density at radius 1 is 1.11 bits per heavy atom. The van der Waals surface area contributed by atoms with Gasteiger partial charge in [-0.2, -0.15) is 0 Å². The molecule has 2 N–H and O–H groups in total. The lowest BCUT2D eigenvalue weighted by Gasteiger charge is -2.34. The second kappa shape index (κ2) is 6.61. The molecule has 1 saturated heterocycles. The van der Waals surface area contributed by atoms with Gasteiger partial charge in [0.2, 0.25) is 5.95 Å². The van der Waals surface area contributed by atoms with Crippen LogP contribution in [0.4, 0.5) is 10.3 Å². The van der Waals surface area contributed by atoms with Crippen LogP contribution in [0, 0.1) is 5.82 Å². The van der Waals surface area contributed by atoms with Crippen LogP contribution in [0.25, 0.3) is 0 Å². The fraction of sp³-hybridized carbons (Fsp3) is 0.667. The normalized spacial score (nSPS) is 17.1. The Morgan fingerprint density at radius 3 is 2.39 bits per heavy atom. The summed E-state index contributed by atoms with van der Waals surface area (Å²) in [5, 5.41) is 0. The first-order valence-electron chi connectivity index (χ1n) is 6.44. The SMILES string of the molecule is NCCCCN1CCN(c2ncc(F)cn2)CC1. The molecule has 1 aliphatic heterocycles. The van der Waals surface area contributed by atoms with E-state index in [1.807, 2.05) is 0 Å². The topological polar surface area (TPSA) is 58.3 Å². The summed E-state index contributed by atoms with van der Waals surface area (Å²) in [5.41, 5.74) is 5.48. The Kier molecular flexibility index (Phi) is 4.83. The average Bonchev–Trinajstić information content (AvgIpc) is 2.41. The predicted octanol–water partition coefficient (Wildman–Crippen LogP) is 0.477.